The van der Waals surface area contributed by atoms with Gasteiger partial charge in [-0.25, -0.2) is 0 Å². The lowest BCUT2D eigenvalue weighted by molar-refractivity contribution is -0.908. The highest BCUT2D eigenvalue weighted by molar-refractivity contribution is 6.46. The second-order valence-corrected chi connectivity index (χ2v) is 11.2. The van der Waals surface area contributed by atoms with E-state index in [0.29, 0.717) is 54.7 Å². The summed E-state index contributed by atoms with van der Waals surface area (Å²) in [6.45, 7) is 6.64. The molecule has 7 nitrogen and oxygen atoms in total. The van der Waals surface area contributed by atoms with E-state index in [1.54, 1.807) is 36.4 Å². The van der Waals surface area contributed by atoms with Gasteiger partial charge >= 0.3 is 0 Å². The van der Waals surface area contributed by atoms with Crippen LogP contribution in [0, 0.1) is 6.92 Å². The van der Waals surface area contributed by atoms with Crippen molar-refractivity contribution in [3.8, 4) is 5.75 Å². The predicted molar refractivity (Wildman–Crippen MR) is 156 cm³/mol. The van der Waals surface area contributed by atoms with Gasteiger partial charge in [0.1, 0.15) is 25.4 Å². The lowest BCUT2D eigenvalue weighted by Gasteiger charge is -2.29. The average Bonchev–Trinajstić information content (AvgIpc) is 3.23. The number of carbonyl (C=O) groups excluding carboxylic acids is 2. The molecule has 2 fully saturated rings. The second-order valence-electron chi connectivity index (χ2n) is 10.4. The molecule has 2 saturated heterocycles. The lowest BCUT2D eigenvalue weighted by atomic mass is 9.94. The highest BCUT2D eigenvalue weighted by Gasteiger charge is 2.44. The Balaban J connectivity index is 1.44. The number of ether oxygens (including phenoxy) is 2. The van der Waals surface area contributed by atoms with Gasteiger partial charge in [0.2, 0.25) is 5.78 Å². The first kappa shape index (κ1) is 29.1. The molecule has 0 spiro atoms. The number of carbonyl (C=O) groups is 2. The molecule has 3 aromatic carbocycles. The summed E-state index contributed by atoms with van der Waals surface area (Å²) in [6.07, 6.45) is 0.681. The second kappa shape index (κ2) is 13.1. The number of morpholine rings is 1. The molecule has 0 saturated carbocycles. The maximum absolute atomic E-state index is 13.9. The molecule has 2 aliphatic heterocycles. The Morgan fingerprint density at radius 1 is 1.02 bits per heavy atom. The monoisotopic (exact) mass is 594 g/mol. The number of rotatable bonds is 9. The van der Waals surface area contributed by atoms with Crippen molar-refractivity contribution in [2.24, 2.45) is 0 Å². The first-order valence-corrected chi connectivity index (χ1v) is 14.5. The minimum absolute atomic E-state index is 0.0792. The molecule has 1 unspecified atom stereocenters. The summed E-state index contributed by atoms with van der Waals surface area (Å²) in [5.74, 6) is -1.32. The number of nitrogens with zero attached hydrogens (tertiary/aromatic N) is 1. The van der Waals surface area contributed by atoms with Gasteiger partial charge in [0.25, 0.3) is 5.91 Å². The largest absolute Gasteiger partial charge is 0.872 e. The molecule has 1 N–H and O–H groups in total. The Morgan fingerprint density at radius 3 is 2.49 bits per heavy atom. The molecule has 0 radical (unpaired) electrons. The van der Waals surface area contributed by atoms with Gasteiger partial charge in [-0.1, -0.05) is 71.4 Å². The van der Waals surface area contributed by atoms with Crippen LogP contribution in [0.3, 0.4) is 0 Å². The van der Waals surface area contributed by atoms with Crippen molar-refractivity contribution in [2.45, 2.75) is 26.0 Å². The van der Waals surface area contributed by atoms with Gasteiger partial charge in [0, 0.05) is 18.5 Å². The van der Waals surface area contributed by atoms with Crippen LogP contribution in [0.2, 0.25) is 10.0 Å². The van der Waals surface area contributed by atoms with Gasteiger partial charge < -0.3 is 24.4 Å². The third kappa shape index (κ3) is 6.60. The molecule has 0 bridgehead atoms. The van der Waals surface area contributed by atoms with Crippen molar-refractivity contribution < 1.29 is 29.1 Å². The van der Waals surface area contributed by atoms with Gasteiger partial charge in [-0.05, 0) is 53.4 Å². The molecule has 1 amide bonds. The minimum atomic E-state index is -0.855. The summed E-state index contributed by atoms with van der Waals surface area (Å²) in [4.78, 5) is 29.6. The van der Waals surface area contributed by atoms with Crippen molar-refractivity contribution in [1.29, 1.82) is 0 Å². The fraction of sp³-hybridized carbons (Fsp3) is 0.312. The summed E-state index contributed by atoms with van der Waals surface area (Å²) in [6, 6.07) is 18.9. The molecule has 5 rings (SSSR count). The van der Waals surface area contributed by atoms with Crippen molar-refractivity contribution >= 4 is 40.7 Å². The SMILES string of the molecule is Cc1cc(/C([O-])=C2\C(=O)C(=O)N(CCC[NH+]3CCOCC3)C2c2ccc(Cl)c(Cl)c2)ccc1OCc1ccccc1. The number of nitrogens with one attached hydrogen (secondary N) is 1. The summed E-state index contributed by atoms with van der Waals surface area (Å²) >= 11 is 12.5. The number of likely N-dealkylation sites (tertiary alicyclic amines) is 1. The van der Waals surface area contributed by atoms with E-state index in [0.717, 1.165) is 30.8 Å². The molecular weight excluding hydrogens is 563 g/mol. The molecule has 9 heteroatoms. The van der Waals surface area contributed by atoms with Crippen LogP contribution in [0.5, 0.6) is 5.75 Å². The maximum atomic E-state index is 13.9. The van der Waals surface area contributed by atoms with E-state index in [1.165, 1.54) is 9.80 Å². The van der Waals surface area contributed by atoms with E-state index in [-0.39, 0.29) is 10.6 Å². The standard InChI is InChI=1S/C32H32Cl2N2O5/c1-21-18-24(9-11-27(21)41-20-22-6-3-2-4-7-22)30(37)28-29(23-8-10-25(33)26(34)19-23)36(32(39)31(28)38)13-5-12-35-14-16-40-17-15-35/h2-4,6-11,18-19,29,37H,5,12-17,20H2,1H3/b30-28+. The summed E-state index contributed by atoms with van der Waals surface area (Å²) in [5.41, 5.74) is 2.58. The lowest BCUT2D eigenvalue weighted by Crippen LogP contribution is -3.14. The number of hydrogen-bond donors (Lipinski definition) is 1. The Kier molecular flexibility index (Phi) is 9.30. The van der Waals surface area contributed by atoms with Crippen molar-refractivity contribution in [3.63, 3.8) is 0 Å². The Hall–Kier alpha value is -3.36. The fourth-order valence-electron chi connectivity index (χ4n) is 5.38. The van der Waals surface area contributed by atoms with Crippen molar-refractivity contribution in [3.05, 3.63) is 105 Å². The smallest absolute Gasteiger partial charge is 0.295 e. The van der Waals surface area contributed by atoms with Crippen molar-refractivity contribution in [2.75, 3.05) is 39.4 Å². The zero-order chi connectivity index (χ0) is 28.9. The van der Waals surface area contributed by atoms with Crippen LogP contribution in [0.25, 0.3) is 5.76 Å². The van der Waals surface area contributed by atoms with E-state index >= 15 is 0 Å². The predicted octanol–water partition coefficient (Wildman–Crippen LogP) is 3.41. The summed E-state index contributed by atoms with van der Waals surface area (Å²) < 4.78 is 11.4. The normalized spacial score (nSPS) is 19.1. The number of amides is 1. The molecule has 3 aromatic rings. The number of hydrogen-bond acceptors (Lipinski definition) is 5. The zero-order valence-electron chi connectivity index (χ0n) is 22.8. The van der Waals surface area contributed by atoms with E-state index in [4.69, 9.17) is 32.7 Å². The number of aryl methyl sites for hydroxylation is 1. The van der Waals surface area contributed by atoms with Crippen LogP contribution in [-0.4, -0.2) is 56.0 Å². The first-order valence-electron chi connectivity index (χ1n) is 13.7. The topological polar surface area (TPSA) is 83.3 Å². The summed E-state index contributed by atoms with van der Waals surface area (Å²) in [5, 5.41) is 14.5. The number of halogens is 2. The van der Waals surface area contributed by atoms with Gasteiger partial charge in [-0.2, -0.15) is 0 Å². The quantitative estimate of drug-likeness (QED) is 0.233. The number of quaternary nitrogens is 1. The highest BCUT2D eigenvalue weighted by Crippen LogP contribution is 2.40. The van der Waals surface area contributed by atoms with Crippen LogP contribution in [-0.2, 0) is 20.9 Å². The van der Waals surface area contributed by atoms with E-state index in [2.05, 4.69) is 0 Å². The number of ketones is 1. The van der Waals surface area contributed by atoms with Crippen LogP contribution < -0.4 is 14.7 Å². The molecule has 214 valence electrons. The van der Waals surface area contributed by atoms with Crippen LogP contribution in [0.1, 0.15) is 34.7 Å². The number of Topliss-reactive ketones (excluding diaryl/α,β-unsaturated/α-hetero) is 1. The average molecular weight is 596 g/mol. The fourth-order valence-corrected chi connectivity index (χ4v) is 5.69. The molecule has 1 atom stereocenters. The molecular formula is C32H32Cl2N2O5. The Bertz CT molecular complexity index is 1450. The van der Waals surface area contributed by atoms with Gasteiger partial charge in [0.05, 0.1) is 35.8 Å². The van der Waals surface area contributed by atoms with E-state index < -0.39 is 23.5 Å². The van der Waals surface area contributed by atoms with Crippen LogP contribution in [0.4, 0.5) is 0 Å². The molecule has 2 aliphatic rings. The van der Waals surface area contributed by atoms with Gasteiger partial charge in [-0.3, -0.25) is 9.59 Å². The zero-order valence-corrected chi connectivity index (χ0v) is 24.3. The molecule has 2 heterocycles. The minimum Gasteiger partial charge on any atom is -0.872 e. The Labute approximate surface area is 249 Å². The van der Waals surface area contributed by atoms with Crippen LogP contribution >= 0.6 is 23.2 Å². The molecule has 0 aliphatic carbocycles. The van der Waals surface area contributed by atoms with Gasteiger partial charge in [-0.15, -0.1) is 0 Å². The van der Waals surface area contributed by atoms with E-state index in [9.17, 15) is 14.7 Å². The molecule has 0 aromatic heterocycles. The summed E-state index contributed by atoms with van der Waals surface area (Å²) in [7, 11) is 0. The molecule has 41 heavy (non-hydrogen) atoms. The van der Waals surface area contributed by atoms with Gasteiger partial charge in [0.15, 0.2) is 0 Å². The maximum Gasteiger partial charge on any atom is 0.295 e. The first-order chi connectivity index (χ1) is 19.8. The third-order valence-electron chi connectivity index (χ3n) is 7.59. The highest BCUT2D eigenvalue weighted by atomic mass is 35.5. The van der Waals surface area contributed by atoms with Crippen molar-refractivity contribution in [1.82, 2.24) is 4.90 Å². The third-order valence-corrected chi connectivity index (χ3v) is 8.33. The van der Waals surface area contributed by atoms with Crippen LogP contribution in [0.15, 0.2) is 72.3 Å². The van der Waals surface area contributed by atoms with E-state index in [1.807, 2.05) is 37.3 Å². The number of benzene rings is 3. The Morgan fingerprint density at radius 2 is 1.78 bits per heavy atom.